The van der Waals surface area contributed by atoms with Gasteiger partial charge in [-0.2, -0.15) is 0 Å². The molecule has 1 aliphatic carbocycles. The third kappa shape index (κ3) is 4.88. The SMILES string of the molecule is CNCc1cccc(-c2ccc(OC3CCC(C(C)(C)C)CC3)cc2)c1. The molecule has 1 N–H and O–H groups in total. The standard InChI is InChI=1S/C24H33NO/c1-24(2,3)21-10-14-23(15-11-21)26-22-12-8-19(9-13-22)20-7-5-6-18(16-20)17-25-4/h5-9,12-13,16,21,23,25H,10-11,14-15,17H2,1-4H3. The zero-order valence-electron chi connectivity index (χ0n) is 16.7. The topological polar surface area (TPSA) is 21.3 Å². The molecule has 0 amide bonds. The maximum Gasteiger partial charge on any atom is 0.119 e. The first-order valence-corrected chi connectivity index (χ1v) is 9.96. The van der Waals surface area contributed by atoms with E-state index in [1.165, 1.54) is 42.4 Å². The second-order valence-corrected chi connectivity index (χ2v) is 8.71. The van der Waals surface area contributed by atoms with Gasteiger partial charge in [-0.15, -0.1) is 0 Å². The Kier molecular flexibility index (Phi) is 6.03. The van der Waals surface area contributed by atoms with Crippen molar-refractivity contribution in [3.8, 4) is 16.9 Å². The molecule has 2 nitrogen and oxygen atoms in total. The molecule has 0 aliphatic heterocycles. The van der Waals surface area contributed by atoms with Crippen LogP contribution in [0.2, 0.25) is 0 Å². The fourth-order valence-corrected chi connectivity index (χ4v) is 4.03. The van der Waals surface area contributed by atoms with Crippen molar-refractivity contribution in [3.63, 3.8) is 0 Å². The van der Waals surface area contributed by atoms with Crippen LogP contribution in [0.25, 0.3) is 11.1 Å². The van der Waals surface area contributed by atoms with Crippen molar-refractivity contribution >= 4 is 0 Å². The summed E-state index contributed by atoms with van der Waals surface area (Å²) in [6.07, 6.45) is 5.29. The fourth-order valence-electron chi connectivity index (χ4n) is 4.03. The fraction of sp³-hybridized carbons (Fsp3) is 0.500. The normalized spacial score (nSPS) is 20.8. The Bertz CT molecular complexity index is 691. The molecule has 1 aliphatic rings. The molecule has 3 rings (SSSR count). The molecule has 1 saturated carbocycles. The number of nitrogens with one attached hydrogen (secondary N) is 1. The average Bonchev–Trinajstić information content (AvgIpc) is 2.63. The molecule has 1 fully saturated rings. The predicted octanol–water partition coefficient (Wildman–Crippen LogP) is 6.06. The zero-order chi connectivity index (χ0) is 18.6. The zero-order valence-corrected chi connectivity index (χ0v) is 16.7. The summed E-state index contributed by atoms with van der Waals surface area (Å²) in [5.74, 6) is 1.83. The molecule has 2 heteroatoms. The van der Waals surface area contributed by atoms with Crippen LogP contribution < -0.4 is 10.1 Å². The van der Waals surface area contributed by atoms with Crippen molar-refractivity contribution in [2.45, 2.75) is 59.1 Å². The lowest BCUT2D eigenvalue weighted by Gasteiger charge is -2.36. The molecule has 0 unspecified atom stereocenters. The summed E-state index contributed by atoms with van der Waals surface area (Å²) >= 11 is 0. The van der Waals surface area contributed by atoms with Crippen molar-refractivity contribution in [2.24, 2.45) is 11.3 Å². The van der Waals surface area contributed by atoms with Crippen LogP contribution >= 0.6 is 0 Å². The number of benzene rings is 2. The van der Waals surface area contributed by atoms with Crippen molar-refractivity contribution in [3.05, 3.63) is 54.1 Å². The van der Waals surface area contributed by atoms with Crippen molar-refractivity contribution in [1.29, 1.82) is 0 Å². The molecule has 0 spiro atoms. The van der Waals surface area contributed by atoms with E-state index < -0.39 is 0 Å². The first kappa shape index (κ1) is 19.0. The lowest BCUT2D eigenvalue weighted by molar-refractivity contribution is 0.0882. The lowest BCUT2D eigenvalue weighted by atomic mass is 9.72. The monoisotopic (exact) mass is 351 g/mol. The van der Waals surface area contributed by atoms with Gasteiger partial charge in [-0.25, -0.2) is 0 Å². The van der Waals surface area contributed by atoms with Crippen LogP contribution in [0.5, 0.6) is 5.75 Å². The summed E-state index contributed by atoms with van der Waals surface area (Å²) in [7, 11) is 1.98. The molecule has 0 heterocycles. The van der Waals surface area contributed by atoms with Crippen molar-refractivity contribution in [1.82, 2.24) is 5.32 Å². The van der Waals surface area contributed by atoms with E-state index in [9.17, 15) is 0 Å². The first-order chi connectivity index (χ1) is 12.5. The van der Waals surface area contributed by atoms with Gasteiger partial charge in [0.1, 0.15) is 5.75 Å². The third-order valence-electron chi connectivity index (χ3n) is 5.70. The second kappa shape index (κ2) is 8.26. The number of rotatable bonds is 5. The molecule has 0 radical (unpaired) electrons. The molecular weight excluding hydrogens is 318 g/mol. The van der Waals surface area contributed by atoms with Gasteiger partial charge >= 0.3 is 0 Å². The Morgan fingerprint density at radius 3 is 2.23 bits per heavy atom. The van der Waals surface area contributed by atoms with Gasteiger partial charge in [-0.3, -0.25) is 0 Å². The minimum Gasteiger partial charge on any atom is -0.490 e. The van der Waals surface area contributed by atoms with Crippen LogP contribution in [0, 0.1) is 11.3 Å². The first-order valence-electron chi connectivity index (χ1n) is 9.96. The van der Waals surface area contributed by atoms with Crippen LogP contribution in [0.3, 0.4) is 0 Å². The highest BCUT2D eigenvalue weighted by Gasteiger charge is 2.30. The number of ether oxygens (including phenoxy) is 1. The van der Waals surface area contributed by atoms with E-state index in [0.717, 1.165) is 18.2 Å². The maximum atomic E-state index is 6.26. The Labute approximate surface area is 159 Å². The summed E-state index contributed by atoms with van der Waals surface area (Å²) < 4.78 is 6.26. The quantitative estimate of drug-likeness (QED) is 0.707. The molecule has 0 bridgehead atoms. The highest BCUT2D eigenvalue weighted by molar-refractivity contribution is 5.64. The van der Waals surface area contributed by atoms with Gasteiger partial charge < -0.3 is 10.1 Å². The van der Waals surface area contributed by atoms with Crippen molar-refractivity contribution < 1.29 is 4.74 Å². The van der Waals surface area contributed by atoms with E-state index in [1.54, 1.807) is 0 Å². The van der Waals surface area contributed by atoms with E-state index >= 15 is 0 Å². The molecule has 0 saturated heterocycles. The van der Waals surface area contributed by atoms with Gasteiger partial charge in [0.2, 0.25) is 0 Å². The largest absolute Gasteiger partial charge is 0.490 e. The van der Waals surface area contributed by atoms with Crippen LogP contribution in [0.1, 0.15) is 52.0 Å². The van der Waals surface area contributed by atoms with Crippen LogP contribution in [0.15, 0.2) is 48.5 Å². The van der Waals surface area contributed by atoms with Gasteiger partial charge in [-0.1, -0.05) is 51.1 Å². The van der Waals surface area contributed by atoms with Gasteiger partial charge in [0.05, 0.1) is 6.10 Å². The van der Waals surface area contributed by atoms with Gasteiger partial charge in [-0.05, 0) is 79.0 Å². The van der Waals surface area contributed by atoms with E-state index in [1.807, 2.05) is 7.05 Å². The number of hydrogen-bond donors (Lipinski definition) is 1. The molecular formula is C24H33NO. The molecule has 140 valence electrons. The van der Waals surface area contributed by atoms with Crippen LogP contribution in [-0.2, 0) is 6.54 Å². The summed E-state index contributed by atoms with van der Waals surface area (Å²) in [5, 5.41) is 3.21. The van der Waals surface area contributed by atoms with Crippen LogP contribution in [0.4, 0.5) is 0 Å². The Balaban J connectivity index is 1.59. The van der Waals surface area contributed by atoms with Gasteiger partial charge in [0.15, 0.2) is 0 Å². The van der Waals surface area contributed by atoms with E-state index in [2.05, 4.69) is 74.6 Å². The summed E-state index contributed by atoms with van der Waals surface area (Å²) in [6.45, 7) is 7.99. The molecule has 2 aromatic rings. The van der Waals surface area contributed by atoms with E-state index in [0.29, 0.717) is 11.5 Å². The average molecular weight is 352 g/mol. The maximum absolute atomic E-state index is 6.26. The summed E-state index contributed by atoms with van der Waals surface area (Å²) in [6, 6.07) is 17.3. The molecule has 2 aromatic carbocycles. The second-order valence-electron chi connectivity index (χ2n) is 8.71. The minimum atomic E-state index is 0.374. The minimum absolute atomic E-state index is 0.374. The Morgan fingerprint density at radius 2 is 1.62 bits per heavy atom. The Morgan fingerprint density at radius 1 is 0.923 bits per heavy atom. The van der Waals surface area contributed by atoms with Crippen molar-refractivity contribution in [2.75, 3.05) is 7.05 Å². The highest BCUT2D eigenvalue weighted by atomic mass is 16.5. The Hall–Kier alpha value is -1.80. The van der Waals surface area contributed by atoms with Gasteiger partial charge in [0.25, 0.3) is 0 Å². The molecule has 0 aromatic heterocycles. The van der Waals surface area contributed by atoms with E-state index in [-0.39, 0.29) is 0 Å². The predicted molar refractivity (Wildman–Crippen MR) is 110 cm³/mol. The summed E-state index contributed by atoms with van der Waals surface area (Å²) in [4.78, 5) is 0. The highest BCUT2D eigenvalue weighted by Crippen LogP contribution is 2.38. The summed E-state index contributed by atoms with van der Waals surface area (Å²) in [5.41, 5.74) is 4.23. The molecule has 26 heavy (non-hydrogen) atoms. The van der Waals surface area contributed by atoms with E-state index in [4.69, 9.17) is 4.74 Å². The lowest BCUT2D eigenvalue weighted by Crippen LogP contribution is -2.30. The van der Waals surface area contributed by atoms with Crippen LogP contribution in [-0.4, -0.2) is 13.2 Å². The smallest absolute Gasteiger partial charge is 0.119 e. The third-order valence-corrected chi connectivity index (χ3v) is 5.70. The molecule has 0 atom stereocenters. The number of hydrogen-bond acceptors (Lipinski definition) is 2. The van der Waals surface area contributed by atoms with Gasteiger partial charge in [0, 0.05) is 6.54 Å².